The molecule has 2 atom stereocenters. The van der Waals surface area contributed by atoms with Crippen molar-refractivity contribution in [1.82, 2.24) is 10.2 Å². The van der Waals surface area contributed by atoms with E-state index in [4.69, 9.17) is 11.6 Å². The lowest BCUT2D eigenvalue weighted by Gasteiger charge is -2.33. The number of anilines is 1. The van der Waals surface area contributed by atoms with E-state index in [0.717, 1.165) is 22.5 Å². The number of carbonyl (C=O) groups is 2. The average Bonchev–Trinajstić information content (AvgIpc) is 2.77. The molecule has 0 aromatic heterocycles. The molecule has 1 N–H and O–H groups in total. The molecule has 0 heterocycles. The first-order valence-corrected chi connectivity index (χ1v) is 14.1. The van der Waals surface area contributed by atoms with Gasteiger partial charge >= 0.3 is 0 Å². The molecule has 0 aliphatic carbocycles. The second kappa shape index (κ2) is 12.6. The zero-order chi connectivity index (χ0) is 25.5. The smallest absolute Gasteiger partial charge is 0.244 e. The number of halogens is 2. The highest BCUT2D eigenvalue weighted by Crippen LogP contribution is 2.23. The molecule has 0 aliphatic heterocycles. The Kier molecular flexibility index (Phi) is 10.4. The molecule has 10 heteroatoms. The van der Waals surface area contributed by atoms with Crippen molar-refractivity contribution in [2.45, 2.75) is 52.2 Å². The van der Waals surface area contributed by atoms with E-state index in [0.29, 0.717) is 21.6 Å². The van der Waals surface area contributed by atoms with Crippen molar-refractivity contribution in [3.63, 3.8) is 0 Å². The summed E-state index contributed by atoms with van der Waals surface area (Å²) in [5.74, 6) is -0.751. The van der Waals surface area contributed by atoms with Gasteiger partial charge in [-0.05, 0) is 55.7 Å². The molecular formula is C24H31BrClN3O4S. The summed E-state index contributed by atoms with van der Waals surface area (Å²) >= 11 is 9.35. The van der Waals surface area contributed by atoms with Gasteiger partial charge in [0.05, 0.1) is 11.9 Å². The molecule has 7 nitrogen and oxygen atoms in total. The maximum Gasteiger partial charge on any atom is 0.244 e. The van der Waals surface area contributed by atoms with E-state index in [9.17, 15) is 18.0 Å². The molecule has 2 aromatic carbocycles. The van der Waals surface area contributed by atoms with Gasteiger partial charge in [0.25, 0.3) is 0 Å². The monoisotopic (exact) mass is 571 g/mol. The molecule has 0 unspecified atom stereocenters. The van der Waals surface area contributed by atoms with Gasteiger partial charge < -0.3 is 10.2 Å². The van der Waals surface area contributed by atoms with Gasteiger partial charge in [0, 0.05) is 22.1 Å². The number of nitrogens with zero attached hydrogens (tertiary/aromatic N) is 2. The lowest BCUT2D eigenvalue weighted by atomic mass is 10.1. The third-order valence-electron chi connectivity index (χ3n) is 5.43. The summed E-state index contributed by atoms with van der Waals surface area (Å²) in [5.41, 5.74) is 1.13. The van der Waals surface area contributed by atoms with Crippen molar-refractivity contribution in [2.24, 2.45) is 0 Å². The zero-order valence-corrected chi connectivity index (χ0v) is 23.0. The minimum atomic E-state index is -3.77. The van der Waals surface area contributed by atoms with Crippen LogP contribution in [0.1, 0.15) is 39.2 Å². The fourth-order valence-electron chi connectivity index (χ4n) is 3.39. The number of hydrogen-bond acceptors (Lipinski definition) is 4. The van der Waals surface area contributed by atoms with Gasteiger partial charge in [0.1, 0.15) is 12.6 Å². The van der Waals surface area contributed by atoms with Crippen molar-refractivity contribution in [3.05, 3.63) is 63.6 Å². The van der Waals surface area contributed by atoms with Crippen LogP contribution in [0.5, 0.6) is 0 Å². The second-order valence-electron chi connectivity index (χ2n) is 8.14. The molecule has 0 saturated heterocycles. The average molecular weight is 573 g/mol. The van der Waals surface area contributed by atoms with Crippen LogP contribution < -0.4 is 9.62 Å². The maximum absolute atomic E-state index is 13.6. The Balaban J connectivity index is 2.43. The summed E-state index contributed by atoms with van der Waals surface area (Å²) in [4.78, 5) is 28.1. The third-order valence-corrected chi connectivity index (χ3v) is 7.31. The minimum absolute atomic E-state index is 0.0526. The largest absolute Gasteiger partial charge is 0.352 e. The van der Waals surface area contributed by atoms with E-state index in [2.05, 4.69) is 21.2 Å². The number of rotatable bonds is 11. The molecule has 0 radical (unpaired) electrons. The van der Waals surface area contributed by atoms with Crippen molar-refractivity contribution in [1.29, 1.82) is 0 Å². The Labute approximate surface area is 215 Å². The van der Waals surface area contributed by atoms with Crippen molar-refractivity contribution in [3.8, 4) is 0 Å². The second-order valence-corrected chi connectivity index (χ2v) is 11.4. The summed E-state index contributed by atoms with van der Waals surface area (Å²) in [6.07, 6.45) is 2.17. The van der Waals surface area contributed by atoms with E-state index >= 15 is 0 Å². The molecule has 2 aromatic rings. The number of benzene rings is 2. The highest BCUT2D eigenvalue weighted by atomic mass is 79.9. The highest BCUT2D eigenvalue weighted by molar-refractivity contribution is 9.10. The van der Waals surface area contributed by atoms with Gasteiger partial charge in [-0.2, -0.15) is 0 Å². The number of nitrogens with one attached hydrogen (secondary N) is 1. The molecule has 0 aliphatic rings. The molecule has 0 spiro atoms. The number of hydrogen-bond donors (Lipinski definition) is 1. The van der Waals surface area contributed by atoms with Crippen LogP contribution in [-0.4, -0.2) is 50.0 Å². The molecule has 0 bridgehead atoms. The Bertz CT molecular complexity index is 1100. The standard InChI is InChI=1S/C24H31BrClN3O4S/c1-5-17(3)27-24(31)22(6-2)28(15-18-10-12-20(26)13-11-18)23(30)16-29(34(4,32)33)21-9-7-8-19(25)14-21/h7-14,17,22H,5-6,15-16H2,1-4H3,(H,27,31)/t17-,22-/m0/s1. The van der Waals surface area contributed by atoms with Crippen molar-refractivity contribution in [2.75, 3.05) is 17.1 Å². The van der Waals surface area contributed by atoms with Gasteiger partial charge in [0.15, 0.2) is 0 Å². The van der Waals surface area contributed by atoms with Crippen LogP contribution in [0.3, 0.4) is 0 Å². The number of sulfonamides is 1. The molecule has 34 heavy (non-hydrogen) atoms. The van der Waals surface area contributed by atoms with E-state index < -0.39 is 28.5 Å². The highest BCUT2D eigenvalue weighted by Gasteiger charge is 2.32. The SMILES string of the molecule is CC[C@H](C)NC(=O)[C@H](CC)N(Cc1ccc(Cl)cc1)C(=O)CN(c1cccc(Br)c1)S(C)(=O)=O. The maximum atomic E-state index is 13.6. The van der Waals surface area contributed by atoms with Gasteiger partial charge in [0.2, 0.25) is 21.8 Å². The molecular weight excluding hydrogens is 542 g/mol. The minimum Gasteiger partial charge on any atom is -0.352 e. The zero-order valence-electron chi connectivity index (χ0n) is 19.8. The third kappa shape index (κ3) is 7.99. The fourth-order valence-corrected chi connectivity index (χ4v) is 4.75. The van der Waals surface area contributed by atoms with Crippen molar-refractivity contribution < 1.29 is 18.0 Å². The van der Waals surface area contributed by atoms with Crippen molar-refractivity contribution >= 4 is 55.1 Å². The molecule has 186 valence electrons. The van der Waals surface area contributed by atoms with Gasteiger partial charge in [-0.25, -0.2) is 8.42 Å². The molecule has 0 fully saturated rings. The van der Waals surface area contributed by atoms with Crippen LogP contribution in [0.15, 0.2) is 53.0 Å². The summed E-state index contributed by atoms with van der Waals surface area (Å²) < 4.78 is 26.9. The van der Waals surface area contributed by atoms with E-state index in [1.807, 2.05) is 20.8 Å². The first-order chi connectivity index (χ1) is 16.0. The van der Waals surface area contributed by atoms with E-state index in [1.165, 1.54) is 4.90 Å². The summed E-state index contributed by atoms with van der Waals surface area (Å²) in [6, 6.07) is 12.9. The van der Waals surface area contributed by atoms with Crippen LogP contribution in [0.4, 0.5) is 5.69 Å². The summed E-state index contributed by atoms with van der Waals surface area (Å²) in [7, 11) is -3.77. The first kappa shape index (κ1) is 28.1. The molecule has 0 saturated carbocycles. The Hall–Kier alpha value is -2.10. The molecule has 2 rings (SSSR count). The molecule has 2 amide bonds. The predicted molar refractivity (Wildman–Crippen MR) is 140 cm³/mol. The summed E-state index contributed by atoms with van der Waals surface area (Å²) in [5, 5.41) is 3.50. The number of amides is 2. The van der Waals surface area contributed by atoms with E-state index in [-0.39, 0.29) is 18.5 Å². The van der Waals surface area contributed by atoms with Gasteiger partial charge in [-0.15, -0.1) is 0 Å². The summed E-state index contributed by atoms with van der Waals surface area (Å²) in [6.45, 7) is 5.39. The first-order valence-electron chi connectivity index (χ1n) is 11.0. The normalized spacial score (nSPS) is 13.1. The van der Waals surface area contributed by atoms with E-state index in [1.54, 1.807) is 48.5 Å². The van der Waals surface area contributed by atoms with Crippen LogP contribution in [0.25, 0.3) is 0 Å². The topological polar surface area (TPSA) is 86.8 Å². The Morgan fingerprint density at radius 1 is 1.09 bits per heavy atom. The predicted octanol–water partition coefficient (Wildman–Crippen LogP) is 4.59. The Morgan fingerprint density at radius 3 is 2.26 bits per heavy atom. The van der Waals surface area contributed by atoms with Gasteiger partial charge in [-0.3, -0.25) is 13.9 Å². The van der Waals surface area contributed by atoms with Crippen LogP contribution in [0.2, 0.25) is 5.02 Å². The fraction of sp³-hybridized carbons (Fsp3) is 0.417. The lowest BCUT2D eigenvalue weighted by Crippen LogP contribution is -2.53. The van der Waals surface area contributed by atoms with Crippen LogP contribution >= 0.6 is 27.5 Å². The Morgan fingerprint density at radius 2 is 1.74 bits per heavy atom. The lowest BCUT2D eigenvalue weighted by molar-refractivity contribution is -0.140. The van der Waals surface area contributed by atoms with Crippen LogP contribution in [0, 0.1) is 0 Å². The van der Waals surface area contributed by atoms with Gasteiger partial charge in [-0.1, -0.05) is 59.6 Å². The number of carbonyl (C=O) groups excluding carboxylic acids is 2. The quantitative estimate of drug-likeness (QED) is 0.427. The van der Waals surface area contributed by atoms with Crippen LogP contribution in [-0.2, 0) is 26.2 Å².